The number of methoxy groups -OCH3 is 1. The van der Waals surface area contributed by atoms with Crippen molar-refractivity contribution < 1.29 is 9.53 Å². The molecule has 0 bridgehead atoms. The number of hydrogen-bond donors (Lipinski definition) is 2. The zero-order valence-corrected chi connectivity index (χ0v) is 12.0. The predicted molar refractivity (Wildman–Crippen MR) is 83.7 cm³/mol. The van der Waals surface area contributed by atoms with Crippen molar-refractivity contribution in [3.05, 3.63) is 59.2 Å². The molecular formula is C17H18N2O2. The van der Waals surface area contributed by atoms with E-state index in [9.17, 15) is 4.79 Å². The average molecular weight is 282 g/mol. The van der Waals surface area contributed by atoms with Gasteiger partial charge in [0.05, 0.1) is 12.7 Å². The number of benzene rings is 2. The molecule has 0 saturated heterocycles. The van der Waals surface area contributed by atoms with Gasteiger partial charge in [-0.3, -0.25) is 0 Å². The summed E-state index contributed by atoms with van der Waals surface area (Å²) in [6.45, 7) is 1.77. The molecule has 0 saturated carbocycles. The van der Waals surface area contributed by atoms with Crippen LogP contribution in [0.2, 0.25) is 0 Å². The summed E-state index contributed by atoms with van der Waals surface area (Å²) in [7, 11) is 1.39. The van der Waals surface area contributed by atoms with E-state index in [1.165, 1.54) is 23.9 Å². The van der Waals surface area contributed by atoms with Crippen molar-refractivity contribution in [2.45, 2.75) is 13.0 Å². The van der Waals surface area contributed by atoms with Gasteiger partial charge in [-0.05, 0) is 41.8 Å². The lowest BCUT2D eigenvalue weighted by molar-refractivity contribution is 0.0601. The summed E-state index contributed by atoms with van der Waals surface area (Å²) in [6.07, 6.45) is 1.09. The molecule has 0 aliphatic carbocycles. The third-order valence-electron chi connectivity index (χ3n) is 3.72. The van der Waals surface area contributed by atoms with Crippen LogP contribution in [-0.4, -0.2) is 19.6 Å². The number of carbonyl (C=O) groups is 1. The second-order valence-electron chi connectivity index (χ2n) is 5.05. The molecule has 0 atom stereocenters. The van der Waals surface area contributed by atoms with Gasteiger partial charge in [-0.25, -0.2) is 4.79 Å². The van der Waals surface area contributed by atoms with Gasteiger partial charge in [0.15, 0.2) is 0 Å². The Morgan fingerprint density at radius 1 is 1.24 bits per heavy atom. The third-order valence-corrected chi connectivity index (χ3v) is 3.72. The Balaban J connectivity index is 1.68. The number of para-hydroxylation sites is 1. The molecule has 0 fully saturated rings. The first-order valence-corrected chi connectivity index (χ1v) is 7.05. The van der Waals surface area contributed by atoms with Gasteiger partial charge in [0, 0.05) is 24.5 Å². The van der Waals surface area contributed by atoms with E-state index in [4.69, 9.17) is 0 Å². The number of anilines is 2. The average Bonchev–Trinajstić information content (AvgIpc) is 3.02. The number of esters is 1. The van der Waals surface area contributed by atoms with Gasteiger partial charge < -0.3 is 15.4 Å². The molecule has 108 valence electrons. The largest absolute Gasteiger partial charge is 0.465 e. The Hall–Kier alpha value is -2.49. The van der Waals surface area contributed by atoms with Crippen LogP contribution in [0.15, 0.2) is 42.5 Å². The molecule has 0 radical (unpaired) electrons. The highest BCUT2D eigenvalue weighted by Gasteiger charge is 2.13. The molecule has 2 aromatic carbocycles. The molecule has 4 heteroatoms. The molecule has 1 aliphatic rings. The fraction of sp³-hybridized carbons (Fsp3) is 0.235. The molecule has 0 aromatic heterocycles. The Kier molecular flexibility index (Phi) is 3.77. The lowest BCUT2D eigenvalue weighted by Crippen LogP contribution is -2.04. The van der Waals surface area contributed by atoms with E-state index >= 15 is 0 Å². The summed E-state index contributed by atoms with van der Waals surface area (Å²) >= 11 is 0. The molecule has 1 aliphatic heterocycles. The van der Waals surface area contributed by atoms with Crippen molar-refractivity contribution in [2.75, 3.05) is 24.3 Å². The minimum absolute atomic E-state index is 0.313. The van der Waals surface area contributed by atoms with E-state index in [1.54, 1.807) is 12.1 Å². The van der Waals surface area contributed by atoms with E-state index in [-0.39, 0.29) is 5.97 Å². The quantitative estimate of drug-likeness (QED) is 0.846. The molecule has 21 heavy (non-hydrogen) atoms. The normalized spacial score (nSPS) is 12.4. The summed E-state index contributed by atoms with van der Waals surface area (Å²) in [5.41, 5.74) is 5.46. The number of fused-ring (bicyclic) bond motifs is 1. The van der Waals surface area contributed by atoms with Crippen molar-refractivity contribution in [1.29, 1.82) is 0 Å². The van der Waals surface area contributed by atoms with Crippen LogP contribution < -0.4 is 10.6 Å². The van der Waals surface area contributed by atoms with Crippen LogP contribution in [0, 0.1) is 0 Å². The van der Waals surface area contributed by atoms with Crippen molar-refractivity contribution >= 4 is 17.3 Å². The van der Waals surface area contributed by atoms with Crippen molar-refractivity contribution in [1.82, 2.24) is 0 Å². The fourth-order valence-corrected chi connectivity index (χ4v) is 2.60. The third kappa shape index (κ3) is 2.84. The minimum Gasteiger partial charge on any atom is -0.465 e. The van der Waals surface area contributed by atoms with E-state index in [0.29, 0.717) is 5.56 Å². The lowest BCUT2D eigenvalue weighted by Gasteiger charge is -2.11. The first kappa shape index (κ1) is 13.5. The van der Waals surface area contributed by atoms with Crippen LogP contribution in [-0.2, 0) is 17.7 Å². The standard InChI is InChI=1S/C17H18N2O2/c1-21-17(20)13-5-7-15(8-6-13)19-11-14-4-2-3-12-9-10-18-16(12)14/h2-8,18-19H,9-11H2,1H3. The maximum atomic E-state index is 11.4. The number of ether oxygens (including phenoxy) is 1. The van der Waals surface area contributed by atoms with Crippen molar-refractivity contribution in [3.8, 4) is 0 Å². The molecule has 1 heterocycles. The van der Waals surface area contributed by atoms with Gasteiger partial charge in [-0.2, -0.15) is 0 Å². The molecule has 2 N–H and O–H groups in total. The van der Waals surface area contributed by atoms with Gasteiger partial charge in [-0.15, -0.1) is 0 Å². The first-order valence-electron chi connectivity index (χ1n) is 7.05. The number of nitrogens with one attached hydrogen (secondary N) is 2. The van der Waals surface area contributed by atoms with Crippen LogP contribution in [0.3, 0.4) is 0 Å². The second kappa shape index (κ2) is 5.87. The molecular weight excluding hydrogens is 264 g/mol. The molecule has 0 amide bonds. The maximum Gasteiger partial charge on any atom is 0.337 e. The van der Waals surface area contributed by atoms with Crippen LogP contribution in [0.5, 0.6) is 0 Å². The van der Waals surface area contributed by atoms with Gasteiger partial charge in [0.1, 0.15) is 0 Å². The molecule has 0 unspecified atom stereocenters. The van der Waals surface area contributed by atoms with Crippen molar-refractivity contribution in [2.24, 2.45) is 0 Å². The molecule has 3 rings (SSSR count). The number of hydrogen-bond acceptors (Lipinski definition) is 4. The highest BCUT2D eigenvalue weighted by Crippen LogP contribution is 2.27. The summed E-state index contributed by atoms with van der Waals surface area (Å²) in [6, 6.07) is 13.7. The Labute approximate surface area is 124 Å². The van der Waals surface area contributed by atoms with Crippen LogP contribution in [0.1, 0.15) is 21.5 Å². The van der Waals surface area contributed by atoms with Crippen molar-refractivity contribution in [3.63, 3.8) is 0 Å². The topological polar surface area (TPSA) is 50.4 Å². The van der Waals surface area contributed by atoms with Gasteiger partial charge in [0.2, 0.25) is 0 Å². The van der Waals surface area contributed by atoms with E-state index in [0.717, 1.165) is 25.2 Å². The van der Waals surface area contributed by atoms with Gasteiger partial charge in [-0.1, -0.05) is 18.2 Å². The Morgan fingerprint density at radius 3 is 2.81 bits per heavy atom. The molecule has 4 nitrogen and oxygen atoms in total. The van der Waals surface area contributed by atoms with E-state index < -0.39 is 0 Å². The zero-order chi connectivity index (χ0) is 14.7. The monoisotopic (exact) mass is 282 g/mol. The maximum absolute atomic E-state index is 11.4. The van der Waals surface area contributed by atoms with Gasteiger partial charge in [0.25, 0.3) is 0 Å². The lowest BCUT2D eigenvalue weighted by atomic mass is 10.1. The summed E-state index contributed by atoms with van der Waals surface area (Å²) in [5.74, 6) is -0.313. The predicted octanol–water partition coefficient (Wildman–Crippen LogP) is 3.05. The SMILES string of the molecule is COC(=O)c1ccc(NCc2cccc3c2NCC3)cc1. The number of rotatable bonds is 4. The Morgan fingerprint density at radius 2 is 2.05 bits per heavy atom. The summed E-state index contributed by atoms with van der Waals surface area (Å²) < 4.78 is 4.69. The molecule has 2 aromatic rings. The first-order chi connectivity index (χ1) is 10.3. The van der Waals surface area contributed by atoms with Crippen LogP contribution >= 0.6 is 0 Å². The van der Waals surface area contributed by atoms with Gasteiger partial charge >= 0.3 is 5.97 Å². The fourth-order valence-electron chi connectivity index (χ4n) is 2.60. The van der Waals surface area contributed by atoms with Crippen LogP contribution in [0.4, 0.5) is 11.4 Å². The van der Waals surface area contributed by atoms with Crippen LogP contribution in [0.25, 0.3) is 0 Å². The second-order valence-corrected chi connectivity index (χ2v) is 5.05. The highest BCUT2D eigenvalue weighted by atomic mass is 16.5. The zero-order valence-electron chi connectivity index (χ0n) is 12.0. The molecule has 0 spiro atoms. The van der Waals surface area contributed by atoms with E-state index in [1.807, 2.05) is 12.1 Å². The minimum atomic E-state index is -0.313. The smallest absolute Gasteiger partial charge is 0.337 e. The highest BCUT2D eigenvalue weighted by molar-refractivity contribution is 5.89. The number of carbonyl (C=O) groups excluding carboxylic acids is 1. The Bertz CT molecular complexity index is 650. The van der Waals surface area contributed by atoms with E-state index in [2.05, 4.69) is 33.6 Å². The summed E-state index contributed by atoms with van der Waals surface area (Å²) in [4.78, 5) is 11.4. The summed E-state index contributed by atoms with van der Waals surface area (Å²) in [5, 5.41) is 6.82.